The summed E-state index contributed by atoms with van der Waals surface area (Å²) in [6.45, 7) is 0. The van der Waals surface area contributed by atoms with E-state index in [2.05, 4.69) is 15.8 Å². The van der Waals surface area contributed by atoms with Gasteiger partial charge in [-0.15, -0.1) is 0 Å². The molecule has 0 aliphatic heterocycles. The van der Waals surface area contributed by atoms with E-state index in [0.717, 1.165) is 5.56 Å². The Morgan fingerprint density at radius 1 is 0.960 bits per heavy atom. The van der Waals surface area contributed by atoms with Gasteiger partial charge >= 0.3 is 0 Å². The van der Waals surface area contributed by atoms with Gasteiger partial charge in [0.1, 0.15) is 0 Å². The number of carbonyl (C=O) groups is 2. The Kier molecular flexibility index (Phi) is 7.25. The van der Waals surface area contributed by atoms with Crippen LogP contribution in [0.5, 0.6) is 0 Å². The maximum Gasteiger partial charge on any atom is 0.240 e. The molecule has 0 aliphatic rings. The van der Waals surface area contributed by atoms with Crippen LogP contribution < -0.4 is 10.7 Å². The first-order valence-electron chi connectivity index (χ1n) is 7.26. The fourth-order valence-electron chi connectivity index (χ4n) is 1.85. The van der Waals surface area contributed by atoms with Crippen LogP contribution in [0.4, 0.5) is 5.69 Å². The van der Waals surface area contributed by atoms with Crippen molar-refractivity contribution in [2.75, 3.05) is 5.32 Å². The van der Waals surface area contributed by atoms with Crippen molar-refractivity contribution in [1.29, 1.82) is 0 Å². The summed E-state index contributed by atoms with van der Waals surface area (Å²) in [6.07, 6.45) is 1.44. The summed E-state index contributed by atoms with van der Waals surface area (Å²) in [5, 5.41) is 7.82. The first-order valence-corrected chi connectivity index (χ1v) is 8.40. The van der Waals surface area contributed by atoms with Crippen LogP contribution in [0.25, 0.3) is 0 Å². The van der Waals surface area contributed by atoms with Crippen molar-refractivity contribution in [3.8, 4) is 0 Å². The maximum atomic E-state index is 11.9. The minimum atomic E-state index is -0.384. The monoisotopic (exact) mass is 397 g/mol. The van der Waals surface area contributed by atoms with Crippen LogP contribution >= 0.6 is 34.8 Å². The van der Waals surface area contributed by atoms with E-state index in [0.29, 0.717) is 20.8 Å². The molecule has 0 spiro atoms. The molecular weight excluding hydrogens is 385 g/mol. The zero-order valence-electron chi connectivity index (χ0n) is 12.9. The quantitative estimate of drug-likeness (QED) is 0.555. The summed E-state index contributed by atoms with van der Waals surface area (Å²) in [7, 11) is 0. The molecule has 130 valence electrons. The molecule has 0 heterocycles. The lowest BCUT2D eigenvalue weighted by Gasteiger charge is -2.07. The summed E-state index contributed by atoms with van der Waals surface area (Å²) < 4.78 is 0. The fourth-order valence-corrected chi connectivity index (χ4v) is 2.39. The molecular formula is C17H14Cl3N3O2. The van der Waals surface area contributed by atoms with E-state index >= 15 is 0 Å². The standard InChI is InChI=1S/C17H14Cl3N3O2/c18-12-3-1-2-11(8-12)10-21-23-17(25)7-6-16(24)22-15-9-13(19)4-5-14(15)20/h1-5,8-10H,6-7H2,(H,22,24)(H,23,25). The van der Waals surface area contributed by atoms with Crippen LogP contribution in [0.15, 0.2) is 47.6 Å². The SMILES string of the molecule is O=C(CCC(=O)Nc1cc(Cl)ccc1Cl)NN=Cc1cccc(Cl)c1. The highest BCUT2D eigenvalue weighted by Gasteiger charge is 2.09. The highest BCUT2D eigenvalue weighted by Crippen LogP contribution is 2.25. The summed E-state index contributed by atoms with van der Waals surface area (Å²) in [4.78, 5) is 23.6. The Hall–Kier alpha value is -2.08. The van der Waals surface area contributed by atoms with Crippen molar-refractivity contribution in [1.82, 2.24) is 5.43 Å². The second-order valence-corrected chi connectivity index (χ2v) is 6.30. The average Bonchev–Trinajstić information content (AvgIpc) is 2.56. The van der Waals surface area contributed by atoms with Gasteiger partial charge in [-0.25, -0.2) is 5.43 Å². The molecule has 0 atom stereocenters. The summed E-state index contributed by atoms with van der Waals surface area (Å²) in [5.74, 6) is -0.733. The number of halogens is 3. The molecule has 5 nitrogen and oxygen atoms in total. The molecule has 0 radical (unpaired) electrons. The third-order valence-corrected chi connectivity index (χ3v) is 3.83. The largest absolute Gasteiger partial charge is 0.325 e. The van der Waals surface area contributed by atoms with E-state index in [9.17, 15) is 9.59 Å². The smallest absolute Gasteiger partial charge is 0.240 e. The molecule has 2 amide bonds. The maximum absolute atomic E-state index is 11.9. The van der Waals surface area contributed by atoms with Gasteiger partial charge in [0.2, 0.25) is 11.8 Å². The van der Waals surface area contributed by atoms with E-state index in [1.54, 1.807) is 36.4 Å². The van der Waals surface area contributed by atoms with Gasteiger partial charge in [0, 0.05) is 22.9 Å². The second-order valence-electron chi connectivity index (χ2n) is 5.02. The Labute approximate surface area is 160 Å². The van der Waals surface area contributed by atoms with Crippen molar-refractivity contribution >= 4 is 58.5 Å². The third-order valence-electron chi connectivity index (χ3n) is 3.03. The molecule has 0 unspecified atom stereocenters. The predicted molar refractivity (Wildman–Crippen MR) is 102 cm³/mol. The van der Waals surface area contributed by atoms with Crippen LogP contribution in [-0.4, -0.2) is 18.0 Å². The Morgan fingerprint density at radius 3 is 2.44 bits per heavy atom. The van der Waals surface area contributed by atoms with Gasteiger partial charge in [-0.05, 0) is 35.9 Å². The molecule has 8 heteroatoms. The number of rotatable bonds is 6. The van der Waals surface area contributed by atoms with Gasteiger partial charge < -0.3 is 5.32 Å². The van der Waals surface area contributed by atoms with Crippen molar-refractivity contribution in [2.45, 2.75) is 12.8 Å². The molecule has 0 fully saturated rings. The number of carbonyl (C=O) groups excluding carboxylic acids is 2. The number of anilines is 1. The van der Waals surface area contributed by atoms with Crippen molar-refractivity contribution in [2.24, 2.45) is 5.10 Å². The molecule has 0 saturated carbocycles. The molecule has 2 aromatic rings. The Morgan fingerprint density at radius 2 is 1.68 bits per heavy atom. The van der Waals surface area contributed by atoms with E-state index in [-0.39, 0.29) is 24.7 Å². The van der Waals surface area contributed by atoms with Gasteiger partial charge in [0.15, 0.2) is 0 Å². The highest BCUT2D eigenvalue weighted by atomic mass is 35.5. The van der Waals surface area contributed by atoms with Crippen molar-refractivity contribution in [3.63, 3.8) is 0 Å². The van der Waals surface area contributed by atoms with Gasteiger partial charge in [0.25, 0.3) is 0 Å². The molecule has 0 bridgehead atoms. The van der Waals surface area contributed by atoms with E-state index < -0.39 is 0 Å². The summed E-state index contributed by atoms with van der Waals surface area (Å²) in [5.41, 5.74) is 3.50. The topological polar surface area (TPSA) is 70.6 Å². The van der Waals surface area contributed by atoms with Gasteiger partial charge in [-0.1, -0.05) is 46.9 Å². The molecule has 0 aromatic heterocycles. The van der Waals surface area contributed by atoms with Gasteiger partial charge in [-0.3, -0.25) is 9.59 Å². The second kappa shape index (κ2) is 9.42. The fraction of sp³-hybridized carbons (Fsp3) is 0.118. The number of amides is 2. The summed E-state index contributed by atoms with van der Waals surface area (Å²) in [6, 6.07) is 11.8. The van der Waals surface area contributed by atoms with Crippen molar-refractivity contribution < 1.29 is 9.59 Å². The van der Waals surface area contributed by atoms with Crippen LogP contribution in [0.1, 0.15) is 18.4 Å². The molecule has 0 saturated heterocycles. The van der Waals surface area contributed by atoms with Crippen LogP contribution in [0, 0.1) is 0 Å². The molecule has 25 heavy (non-hydrogen) atoms. The number of hydrogen-bond acceptors (Lipinski definition) is 3. The Bertz CT molecular complexity index is 809. The molecule has 2 N–H and O–H groups in total. The average molecular weight is 399 g/mol. The van der Waals surface area contributed by atoms with Crippen molar-refractivity contribution in [3.05, 3.63) is 63.1 Å². The van der Waals surface area contributed by atoms with Gasteiger partial charge in [-0.2, -0.15) is 5.10 Å². The molecule has 2 aromatic carbocycles. The lowest BCUT2D eigenvalue weighted by molar-refractivity contribution is -0.124. The van der Waals surface area contributed by atoms with Crippen LogP contribution in [0.3, 0.4) is 0 Å². The molecule has 2 rings (SSSR count). The van der Waals surface area contributed by atoms with E-state index in [1.165, 1.54) is 12.3 Å². The number of hydrogen-bond donors (Lipinski definition) is 2. The predicted octanol–water partition coefficient (Wildman–Crippen LogP) is 4.52. The normalized spacial score (nSPS) is 10.7. The number of nitrogens with zero attached hydrogens (tertiary/aromatic N) is 1. The first kappa shape index (κ1) is 19.2. The number of nitrogens with one attached hydrogen (secondary N) is 2. The zero-order valence-corrected chi connectivity index (χ0v) is 15.2. The van der Waals surface area contributed by atoms with Crippen LogP contribution in [0.2, 0.25) is 15.1 Å². The third kappa shape index (κ3) is 6.74. The number of hydrazone groups is 1. The Balaban J connectivity index is 1.77. The van der Waals surface area contributed by atoms with E-state index in [4.69, 9.17) is 34.8 Å². The highest BCUT2D eigenvalue weighted by molar-refractivity contribution is 6.35. The van der Waals surface area contributed by atoms with Gasteiger partial charge in [0.05, 0.1) is 16.9 Å². The van der Waals surface area contributed by atoms with Crippen LogP contribution in [-0.2, 0) is 9.59 Å². The zero-order chi connectivity index (χ0) is 18.2. The minimum Gasteiger partial charge on any atom is -0.325 e. The lowest BCUT2D eigenvalue weighted by atomic mass is 10.2. The molecule has 0 aliphatic carbocycles. The summed E-state index contributed by atoms with van der Waals surface area (Å²) >= 11 is 17.7. The first-order chi connectivity index (χ1) is 11.9. The minimum absolute atomic E-state index is 0.0125. The number of benzene rings is 2. The lowest BCUT2D eigenvalue weighted by Crippen LogP contribution is -2.20. The van der Waals surface area contributed by atoms with E-state index in [1.807, 2.05) is 0 Å².